The van der Waals surface area contributed by atoms with E-state index in [0.29, 0.717) is 6.54 Å². The fraction of sp³-hybridized carbons (Fsp3) is 0.167. The van der Waals surface area contributed by atoms with Gasteiger partial charge in [-0.2, -0.15) is 5.10 Å². The molecule has 7 nitrogen and oxygen atoms in total. The first-order chi connectivity index (χ1) is 12.5. The lowest BCUT2D eigenvalue weighted by Crippen LogP contribution is -2.37. The van der Waals surface area contributed by atoms with Crippen molar-refractivity contribution in [2.75, 3.05) is 19.0 Å². The van der Waals surface area contributed by atoms with Gasteiger partial charge in [-0.25, -0.2) is 5.43 Å². The van der Waals surface area contributed by atoms with Gasteiger partial charge in [0.15, 0.2) is 0 Å². The van der Waals surface area contributed by atoms with Crippen LogP contribution in [0.3, 0.4) is 0 Å². The van der Waals surface area contributed by atoms with Crippen molar-refractivity contribution in [3.05, 3.63) is 52.5 Å². The van der Waals surface area contributed by atoms with Gasteiger partial charge in [-0.05, 0) is 49.4 Å². The number of hydrazone groups is 1. The van der Waals surface area contributed by atoms with Crippen LogP contribution >= 0.6 is 15.9 Å². The summed E-state index contributed by atoms with van der Waals surface area (Å²) in [5.41, 5.74) is 4.58. The van der Waals surface area contributed by atoms with Crippen molar-refractivity contribution in [2.45, 2.75) is 6.92 Å². The molecule has 0 spiro atoms. The molecule has 136 valence electrons. The molecule has 0 unspecified atom stereocenters. The highest BCUT2D eigenvalue weighted by Gasteiger charge is 2.10. The second-order valence-corrected chi connectivity index (χ2v) is 6.06. The Kier molecular flexibility index (Phi) is 7.16. The van der Waals surface area contributed by atoms with Crippen molar-refractivity contribution in [1.29, 1.82) is 0 Å². The number of methoxy groups -OCH3 is 1. The number of ether oxygens (including phenoxy) is 1. The van der Waals surface area contributed by atoms with Gasteiger partial charge in [0, 0.05) is 28.0 Å². The van der Waals surface area contributed by atoms with Gasteiger partial charge in [0.2, 0.25) is 0 Å². The van der Waals surface area contributed by atoms with Crippen LogP contribution in [0.4, 0.5) is 11.4 Å². The zero-order chi connectivity index (χ0) is 18.9. The smallest absolute Gasteiger partial charge is 0.329 e. The van der Waals surface area contributed by atoms with E-state index >= 15 is 0 Å². The molecule has 0 bridgehead atoms. The molecule has 0 radical (unpaired) electrons. The standard InChI is InChI=1S/C18H19BrN4O3/c1-3-20-17(24)18(25)23-21-11-12-10-13(19)4-9-16(12)22-14-5-7-15(26-2)8-6-14/h4-11,22H,3H2,1-2H3,(H,20,24)(H,23,25)/b21-11-. The number of carbonyl (C=O) groups excluding carboxylic acids is 2. The number of carbonyl (C=O) groups is 2. The number of hydrogen-bond donors (Lipinski definition) is 3. The highest BCUT2D eigenvalue weighted by molar-refractivity contribution is 9.10. The van der Waals surface area contributed by atoms with Gasteiger partial charge in [0.25, 0.3) is 0 Å². The first-order valence-electron chi connectivity index (χ1n) is 7.85. The minimum absolute atomic E-state index is 0.373. The summed E-state index contributed by atoms with van der Waals surface area (Å²) in [6, 6.07) is 13.1. The summed E-state index contributed by atoms with van der Waals surface area (Å²) in [4.78, 5) is 22.9. The molecule has 2 amide bonds. The average Bonchev–Trinajstić information content (AvgIpc) is 2.64. The number of nitrogens with one attached hydrogen (secondary N) is 3. The summed E-state index contributed by atoms with van der Waals surface area (Å²) in [5.74, 6) is -0.778. The van der Waals surface area contributed by atoms with Crippen LogP contribution in [0.1, 0.15) is 12.5 Å². The molecule has 26 heavy (non-hydrogen) atoms. The molecule has 0 saturated heterocycles. The number of amides is 2. The maximum absolute atomic E-state index is 11.6. The minimum atomic E-state index is -0.817. The van der Waals surface area contributed by atoms with E-state index in [9.17, 15) is 9.59 Å². The number of nitrogens with zero attached hydrogens (tertiary/aromatic N) is 1. The second-order valence-electron chi connectivity index (χ2n) is 5.14. The molecule has 0 aliphatic carbocycles. The molecule has 0 aliphatic rings. The maximum atomic E-state index is 11.6. The molecule has 0 saturated carbocycles. The van der Waals surface area contributed by atoms with Crippen molar-refractivity contribution in [2.24, 2.45) is 5.10 Å². The Bertz CT molecular complexity index is 807. The van der Waals surface area contributed by atoms with Crippen molar-refractivity contribution < 1.29 is 14.3 Å². The van der Waals surface area contributed by atoms with Crippen molar-refractivity contribution >= 4 is 45.3 Å². The largest absolute Gasteiger partial charge is 0.497 e. The number of anilines is 2. The van der Waals surface area contributed by atoms with Crippen molar-refractivity contribution in [3.8, 4) is 5.75 Å². The molecule has 8 heteroatoms. The Hall–Kier alpha value is -2.87. The lowest BCUT2D eigenvalue weighted by molar-refractivity contribution is -0.139. The third-order valence-electron chi connectivity index (χ3n) is 3.30. The quantitative estimate of drug-likeness (QED) is 0.382. The van der Waals surface area contributed by atoms with Gasteiger partial charge in [-0.1, -0.05) is 15.9 Å². The molecule has 0 aliphatic heterocycles. The summed E-state index contributed by atoms with van der Waals surface area (Å²) in [6.07, 6.45) is 1.47. The summed E-state index contributed by atoms with van der Waals surface area (Å²) in [6.45, 7) is 2.10. The van der Waals surface area contributed by atoms with E-state index in [1.807, 2.05) is 42.5 Å². The Balaban J connectivity index is 2.12. The maximum Gasteiger partial charge on any atom is 0.329 e. The number of hydrogen-bond acceptors (Lipinski definition) is 5. The molecule has 2 rings (SSSR count). The average molecular weight is 419 g/mol. The van der Waals surface area contributed by atoms with E-state index in [0.717, 1.165) is 27.2 Å². The zero-order valence-electron chi connectivity index (χ0n) is 14.4. The summed E-state index contributed by atoms with van der Waals surface area (Å²) in [7, 11) is 1.61. The zero-order valence-corrected chi connectivity index (χ0v) is 16.0. The highest BCUT2D eigenvalue weighted by Crippen LogP contribution is 2.24. The van der Waals surface area contributed by atoms with Crippen LogP contribution in [0, 0.1) is 0 Å². The van der Waals surface area contributed by atoms with Crippen LogP contribution < -0.4 is 20.8 Å². The number of likely N-dealkylation sites (N-methyl/N-ethyl adjacent to an activating group) is 1. The highest BCUT2D eigenvalue weighted by atomic mass is 79.9. The fourth-order valence-electron chi connectivity index (χ4n) is 2.04. The van der Waals surface area contributed by atoms with E-state index in [1.54, 1.807) is 14.0 Å². The van der Waals surface area contributed by atoms with E-state index < -0.39 is 11.8 Å². The first kappa shape index (κ1) is 19.5. The molecule has 0 heterocycles. The molecule has 0 aromatic heterocycles. The van der Waals surface area contributed by atoms with E-state index in [4.69, 9.17) is 4.74 Å². The number of halogens is 1. The van der Waals surface area contributed by atoms with Crippen LogP contribution in [-0.4, -0.2) is 31.7 Å². The Labute approximate surface area is 159 Å². The van der Waals surface area contributed by atoms with E-state index in [-0.39, 0.29) is 0 Å². The minimum Gasteiger partial charge on any atom is -0.497 e. The van der Waals surface area contributed by atoms with E-state index in [1.165, 1.54) is 6.21 Å². The third kappa shape index (κ3) is 5.59. The van der Waals surface area contributed by atoms with Gasteiger partial charge in [-0.15, -0.1) is 0 Å². The van der Waals surface area contributed by atoms with Crippen LogP contribution in [-0.2, 0) is 9.59 Å². The molecule has 2 aromatic rings. The monoisotopic (exact) mass is 418 g/mol. The van der Waals surface area contributed by atoms with Gasteiger partial charge >= 0.3 is 11.8 Å². The molecular formula is C18H19BrN4O3. The predicted octanol–water partition coefficient (Wildman–Crippen LogP) is 2.79. The van der Waals surface area contributed by atoms with Crippen LogP contribution in [0.2, 0.25) is 0 Å². The number of rotatable bonds is 6. The van der Waals surface area contributed by atoms with Crippen LogP contribution in [0.15, 0.2) is 52.0 Å². The van der Waals surface area contributed by atoms with Crippen LogP contribution in [0.25, 0.3) is 0 Å². The summed E-state index contributed by atoms with van der Waals surface area (Å²) >= 11 is 3.41. The molecular weight excluding hydrogens is 400 g/mol. The van der Waals surface area contributed by atoms with Gasteiger partial charge < -0.3 is 15.4 Å². The Morgan fingerprint density at radius 2 is 1.88 bits per heavy atom. The van der Waals surface area contributed by atoms with Crippen LogP contribution in [0.5, 0.6) is 5.75 Å². The second kappa shape index (κ2) is 9.57. The lowest BCUT2D eigenvalue weighted by atomic mass is 10.2. The van der Waals surface area contributed by atoms with Crippen molar-refractivity contribution in [1.82, 2.24) is 10.7 Å². The Morgan fingerprint density at radius 3 is 2.54 bits per heavy atom. The fourth-order valence-corrected chi connectivity index (χ4v) is 2.41. The molecule has 0 atom stereocenters. The molecule has 3 N–H and O–H groups in total. The first-order valence-corrected chi connectivity index (χ1v) is 8.64. The van der Waals surface area contributed by atoms with E-state index in [2.05, 4.69) is 37.1 Å². The lowest BCUT2D eigenvalue weighted by Gasteiger charge is -2.11. The predicted molar refractivity (Wildman–Crippen MR) is 105 cm³/mol. The summed E-state index contributed by atoms with van der Waals surface area (Å²) in [5, 5.41) is 9.52. The SMILES string of the molecule is CCNC(=O)C(=O)N/N=C\c1cc(Br)ccc1Nc1ccc(OC)cc1. The van der Waals surface area contributed by atoms with Crippen molar-refractivity contribution in [3.63, 3.8) is 0 Å². The topological polar surface area (TPSA) is 91.8 Å². The molecule has 2 aromatic carbocycles. The van der Waals surface area contributed by atoms with Gasteiger partial charge in [-0.3, -0.25) is 9.59 Å². The Morgan fingerprint density at radius 1 is 1.15 bits per heavy atom. The normalized spacial score (nSPS) is 10.4. The van der Waals surface area contributed by atoms with Gasteiger partial charge in [0.1, 0.15) is 5.75 Å². The van der Waals surface area contributed by atoms with Gasteiger partial charge in [0.05, 0.1) is 13.3 Å². The number of benzene rings is 2. The third-order valence-corrected chi connectivity index (χ3v) is 3.79. The molecule has 0 fully saturated rings. The summed E-state index contributed by atoms with van der Waals surface area (Å²) < 4.78 is 6.00.